The van der Waals surface area contributed by atoms with Crippen LogP contribution in [0.4, 0.5) is 0 Å². The molecule has 0 aliphatic carbocycles. The Hall–Kier alpha value is -0.550. The van der Waals surface area contributed by atoms with E-state index in [9.17, 15) is 5.26 Å². The van der Waals surface area contributed by atoms with Crippen molar-refractivity contribution in [1.29, 1.82) is 5.26 Å². The summed E-state index contributed by atoms with van der Waals surface area (Å²) in [6, 6.07) is 2.89. The van der Waals surface area contributed by atoms with Crippen molar-refractivity contribution in [3.05, 3.63) is 0 Å². The van der Waals surface area contributed by atoms with Crippen LogP contribution in [0.2, 0.25) is 0 Å². The fourth-order valence-electron chi connectivity index (χ4n) is 1.57. The van der Waals surface area contributed by atoms with Crippen LogP contribution in [-0.2, 0) is 0 Å². The largest absolute Gasteiger partial charge is 0.297 e. The molecule has 2 nitrogen and oxygen atoms in total. The summed E-state index contributed by atoms with van der Waals surface area (Å²) < 4.78 is 0. The van der Waals surface area contributed by atoms with E-state index in [1.807, 2.05) is 0 Å². The van der Waals surface area contributed by atoms with Gasteiger partial charge in [-0.1, -0.05) is 33.6 Å². The SMILES string of the molecule is CCCCC(C#N)(CC)NC(C)CC. The maximum atomic E-state index is 9.24. The van der Waals surface area contributed by atoms with Gasteiger partial charge in [-0.05, 0) is 26.2 Å². The number of hydrogen-bond donors (Lipinski definition) is 1. The molecule has 0 amide bonds. The highest BCUT2D eigenvalue weighted by Crippen LogP contribution is 2.19. The van der Waals surface area contributed by atoms with Gasteiger partial charge >= 0.3 is 0 Å². The van der Waals surface area contributed by atoms with E-state index in [0.29, 0.717) is 6.04 Å². The quantitative estimate of drug-likeness (QED) is 0.678. The molecule has 0 fully saturated rings. The van der Waals surface area contributed by atoms with Gasteiger partial charge in [-0.2, -0.15) is 5.26 Å². The minimum atomic E-state index is -0.286. The first-order valence-electron chi connectivity index (χ1n) is 5.83. The first kappa shape index (κ1) is 13.4. The lowest BCUT2D eigenvalue weighted by molar-refractivity contribution is 0.322. The van der Waals surface area contributed by atoms with Crippen LogP contribution in [0.15, 0.2) is 0 Å². The lowest BCUT2D eigenvalue weighted by Crippen LogP contribution is -2.47. The molecule has 0 radical (unpaired) electrons. The van der Waals surface area contributed by atoms with E-state index in [0.717, 1.165) is 32.1 Å². The summed E-state index contributed by atoms with van der Waals surface area (Å²) >= 11 is 0. The van der Waals surface area contributed by atoms with Crippen LogP contribution in [0, 0.1) is 11.3 Å². The van der Waals surface area contributed by atoms with Gasteiger partial charge in [0, 0.05) is 6.04 Å². The summed E-state index contributed by atoms with van der Waals surface area (Å²) in [5.41, 5.74) is -0.286. The van der Waals surface area contributed by atoms with Crippen molar-refractivity contribution in [3.63, 3.8) is 0 Å². The van der Waals surface area contributed by atoms with Gasteiger partial charge in [-0.3, -0.25) is 5.32 Å². The van der Waals surface area contributed by atoms with E-state index in [2.05, 4.69) is 39.1 Å². The lowest BCUT2D eigenvalue weighted by Gasteiger charge is -2.30. The molecule has 0 spiro atoms. The lowest BCUT2D eigenvalue weighted by atomic mass is 9.90. The molecule has 2 heteroatoms. The summed E-state index contributed by atoms with van der Waals surface area (Å²) in [5, 5.41) is 12.7. The molecule has 0 aromatic rings. The summed E-state index contributed by atoms with van der Waals surface area (Å²) in [4.78, 5) is 0. The van der Waals surface area contributed by atoms with Crippen LogP contribution in [0.25, 0.3) is 0 Å². The Kier molecular flexibility index (Phi) is 6.57. The Bertz CT molecular complexity index is 183. The van der Waals surface area contributed by atoms with E-state index < -0.39 is 0 Å². The maximum Gasteiger partial charge on any atom is 0.106 e. The maximum absolute atomic E-state index is 9.24. The zero-order valence-corrected chi connectivity index (χ0v) is 10.1. The van der Waals surface area contributed by atoms with Crippen LogP contribution in [0.3, 0.4) is 0 Å². The molecular weight excluding hydrogens is 172 g/mol. The van der Waals surface area contributed by atoms with Crippen molar-refractivity contribution in [1.82, 2.24) is 5.32 Å². The fraction of sp³-hybridized carbons (Fsp3) is 0.917. The van der Waals surface area contributed by atoms with Crippen molar-refractivity contribution in [3.8, 4) is 6.07 Å². The van der Waals surface area contributed by atoms with Gasteiger partial charge in [0.25, 0.3) is 0 Å². The first-order chi connectivity index (χ1) is 6.64. The molecule has 0 saturated heterocycles. The number of rotatable bonds is 7. The van der Waals surface area contributed by atoms with Gasteiger partial charge in [0.15, 0.2) is 0 Å². The van der Waals surface area contributed by atoms with E-state index in [-0.39, 0.29) is 5.54 Å². The molecule has 0 bridgehead atoms. The van der Waals surface area contributed by atoms with Gasteiger partial charge in [-0.15, -0.1) is 0 Å². The molecule has 2 unspecified atom stereocenters. The van der Waals surface area contributed by atoms with Crippen LogP contribution in [0.5, 0.6) is 0 Å². The molecule has 0 aromatic heterocycles. The van der Waals surface area contributed by atoms with Crippen LogP contribution < -0.4 is 5.32 Å². The van der Waals surface area contributed by atoms with E-state index in [4.69, 9.17) is 0 Å². The average molecular weight is 196 g/mol. The Labute approximate surface area is 88.7 Å². The zero-order chi connectivity index (χ0) is 11.0. The van der Waals surface area contributed by atoms with Crippen molar-refractivity contribution < 1.29 is 0 Å². The minimum Gasteiger partial charge on any atom is -0.297 e. The second-order valence-corrected chi connectivity index (χ2v) is 4.10. The van der Waals surface area contributed by atoms with Crippen molar-refractivity contribution in [2.24, 2.45) is 0 Å². The Morgan fingerprint density at radius 1 is 1.36 bits per heavy atom. The predicted octanol–water partition coefficient (Wildman–Crippen LogP) is 3.24. The standard InChI is InChI=1S/C12H24N2/c1-5-8-9-12(7-3,10-13)14-11(4)6-2/h11,14H,5-9H2,1-4H3. The zero-order valence-electron chi connectivity index (χ0n) is 10.1. The third-order valence-electron chi connectivity index (χ3n) is 2.91. The average Bonchev–Trinajstić information content (AvgIpc) is 2.24. The Balaban J connectivity index is 4.30. The van der Waals surface area contributed by atoms with E-state index in [1.54, 1.807) is 0 Å². The summed E-state index contributed by atoms with van der Waals surface area (Å²) in [5.74, 6) is 0. The monoisotopic (exact) mass is 196 g/mol. The highest BCUT2D eigenvalue weighted by atomic mass is 15.0. The fourth-order valence-corrected chi connectivity index (χ4v) is 1.57. The summed E-state index contributed by atoms with van der Waals surface area (Å²) in [7, 11) is 0. The van der Waals surface area contributed by atoms with Crippen LogP contribution in [0.1, 0.15) is 59.8 Å². The molecular formula is C12H24N2. The van der Waals surface area contributed by atoms with Gasteiger partial charge in [0.1, 0.15) is 5.54 Å². The number of hydrogen-bond acceptors (Lipinski definition) is 2. The summed E-state index contributed by atoms with van der Waals surface area (Å²) in [6.07, 6.45) is 5.24. The molecule has 14 heavy (non-hydrogen) atoms. The Morgan fingerprint density at radius 3 is 2.36 bits per heavy atom. The summed E-state index contributed by atoms with van der Waals surface area (Å²) in [6.45, 7) is 8.55. The molecule has 0 aromatic carbocycles. The number of nitrogens with one attached hydrogen (secondary N) is 1. The molecule has 0 rings (SSSR count). The van der Waals surface area contributed by atoms with Crippen molar-refractivity contribution in [2.45, 2.75) is 71.4 Å². The van der Waals surface area contributed by atoms with Gasteiger partial charge in [-0.25, -0.2) is 0 Å². The highest BCUT2D eigenvalue weighted by Gasteiger charge is 2.27. The second-order valence-electron chi connectivity index (χ2n) is 4.10. The van der Waals surface area contributed by atoms with Gasteiger partial charge < -0.3 is 0 Å². The molecule has 1 N–H and O–H groups in total. The molecule has 2 atom stereocenters. The number of unbranched alkanes of at least 4 members (excludes halogenated alkanes) is 1. The van der Waals surface area contributed by atoms with Crippen molar-refractivity contribution >= 4 is 0 Å². The van der Waals surface area contributed by atoms with Crippen molar-refractivity contribution in [2.75, 3.05) is 0 Å². The minimum absolute atomic E-state index is 0.286. The van der Waals surface area contributed by atoms with E-state index >= 15 is 0 Å². The third-order valence-corrected chi connectivity index (χ3v) is 2.91. The van der Waals surface area contributed by atoms with Gasteiger partial charge in [0.05, 0.1) is 6.07 Å². The number of nitriles is 1. The molecule has 0 aliphatic heterocycles. The number of nitrogens with zero attached hydrogens (tertiary/aromatic N) is 1. The second kappa shape index (κ2) is 6.84. The third kappa shape index (κ3) is 4.11. The van der Waals surface area contributed by atoms with Crippen LogP contribution >= 0.6 is 0 Å². The smallest absolute Gasteiger partial charge is 0.106 e. The normalized spacial score (nSPS) is 17.1. The molecule has 0 aliphatic rings. The molecule has 0 saturated carbocycles. The molecule has 0 heterocycles. The Morgan fingerprint density at radius 2 is 2.00 bits per heavy atom. The highest BCUT2D eigenvalue weighted by molar-refractivity contribution is 5.06. The molecule has 82 valence electrons. The topological polar surface area (TPSA) is 35.8 Å². The predicted molar refractivity (Wildman–Crippen MR) is 61.0 cm³/mol. The van der Waals surface area contributed by atoms with E-state index in [1.165, 1.54) is 0 Å². The van der Waals surface area contributed by atoms with Crippen LogP contribution in [-0.4, -0.2) is 11.6 Å². The first-order valence-corrected chi connectivity index (χ1v) is 5.83. The van der Waals surface area contributed by atoms with Gasteiger partial charge in [0.2, 0.25) is 0 Å².